The number of rotatable bonds is 2. The number of halogens is 3. The fourth-order valence-electron chi connectivity index (χ4n) is 1.69. The Kier molecular flexibility index (Phi) is 3.80. The van der Waals surface area contributed by atoms with Gasteiger partial charge < -0.3 is 0 Å². The van der Waals surface area contributed by atoms with Crippen LogP contribution in [0.4, 0.5) is 18.3 Å². The van der Waals surface area contributed by atoms with Crippen LogP contribution in [0.2, 0.25) is 0 Å². The standard InChI is InChI=1S/C13H11F3N2OS/c1-7-3-4-9(8(2)5-7)11(19)18-12-17-10(6-20-12)13(14,15)16/h3-6H,1-2H3,(H,17,18,19). The summed E-state index contributed by atoms with van der Waals surface area (Å²) in [5.74, 6) is -0.467. The second kappa shape index (κ2) is 5.24. The van der Waals surface area contributed by atoms with Crippen LogP contribution in [0, 0.1) is 13.8 Å². The van der Waals surface area contributed by atoms with Gasteiger partial charge in [0.05, 0.1) is 0 Å². The van der Waals surface area contributed by atoms with Crippen molar-refractivity contribution in [3.8, 4) is 0 Å². The van der Waals surface area contributed by atoms with Crippen LogP contribution in [0.15, 0.2) is 23.6 Å². The Balaban J connectivity index is 2.17. The van der Waals surface area contributed by atoms with Crippen molar-refractivity contribution in [1.29, 1.82) is 0 Å². The maximum atomic E-state index is 12.4. The molecule has 0 unspecified atom stereocenters. The summed E-state index contributed by atoms with van der Waals surface area (Å²) in [6.45, 7) is 3.66. The number of hydrogen-bond acceptors (Lipinski definition) is 3. The van der Waals surface area contributed by atoms with E-state index in [0.717, 1.165) is 27.8 Å². The maximum absolute atomic E-state index is 12.4. The zero-order valence-corrected chi connectivity index (χ0v) is 11.5. The van der Waals surface area contributed by atoms with Gasteiger partial charge in [0.1, 0.15) is 0 Å². The fourth-order valence-corrected chi connectivity index (χ4v) is 2.41. The Labute approximate surface area is 117 Å². The van der Waals surface area contributed by atoms with Gasteiger partial charge in [-0.3, -0.25) is 10.1 Å². The quantitative estimate of drug-likeness (QED) is 0.909. The molecule has 0 aliphatic carbocycles. The molecule has 1 N–H and O–H groups in total. The molecule has 0 atom stereocenters. The molecule has 0 spiro atoms. The van der Waals surface area contributed by atoms with Gasteiger partial charge in [-0.1, -0.05) is 17.7 Å². The minimum absolute atomic E-state index is 0.0673. The lowest BCUT2D eigenvalue weighted by Gasteiger charge is -2.06. The van der Waals surface area contributed by atoms with E-state index >= 15 is 0 Å². The number of thiazole rings is 1. The molecule has 0 bridgehead atoms. The molecule has 0 aliphatic rings. The minimum Gasteiger partial charge on any atom is -0.298 e. The van der Waals surface area contributed by atoms with Gasteiger partial charge in [-0.25, -0.2) is 4.98 Å². The molecule has 0 saturated heterocycles. The number of aryl methyl sites for hydroxylation is 2. The predicted molar refractivity (Wildman–Crippen MR) is 71.0 cm³/mol. The van der Waals surface area contributed by atoms with Gasteiger partial charge in [-0.15, -0.1) is 11.3 Å². The summed E-state index contributed by atoms with van der Waals surface area (Å²) in [6.07, 6.45) is -4.50. The highest BCUT2D eigenvalue weighted by molar-refractivity contribution is 7.14. The number of benzene rings is 1. The molecular weight excluding hydrogens is 289 g/mol. The molecule has 1 aromatic heterocycles. The van der Waals surface area contributed by atoms with Crippen LogP contribution < -0.4 is 5.32 Å². The van der Waals surface area contributed by atoms with Crippen molar-refractivity contribution in [2.24, 2.45) is 0 Å². The summed E-state index contributed by atoms with van der Waals surface area (Å²) in [5, 5.41) is 3.18. The first-order valence-electron chi connectivity index (χ1n) is 5.68. The molecule has 2 rings (SSSR count). The van der Waals surface area contributed by atoms with Crippen molar-refractivity contribution in [3.05, 3.63) is 46.0 Å². The van der Waals surface area contributed by atoms with E-state index in [0.29, 0.717) is 5.56 Å². The van der Waals surface area contributed by atoms with Gasteiger partial charge in [0, 0.05) is 10.9 Å². The first-order valence-corrected chi connectivity index (χ1v) is 6.56. The van der Waals surface area contributed by atoms with E-state index in [1.165, 1.54) is 0 Å². The number of alkyl halides is 3. The third-order valence-electron chi connectivity index (χ3n) is 2.64. The molecule has 0 radical (unpaired) electrons. The van der Waals surface area contributed by atoms with E-state index in [1.807, 2.05) is 13.0 Å². The fraction of sp³-hybridized carbons (Fsp3) is 0.231. The normalized spacial score (nSPS) is 11.4. The average molecular weight is 300 g/mol. The predicted octanol–water partition coefficient (Wildman–Crippen LogP) is 4.03. The number of nitrogens with zero attached hydrogens (tertiary/aromatic N) is 1. The van der Waals surface area contributed by atoms with Gasteiger partial charge in [0.25, 0.3) is 5.91 Å². The first-order chi connectivity index (χ1) is 9.27. The highest BCUT2D eigenvalue weighted by atomic mass is 32.1. The lowest BCUT2D eigenvalue weighted by atomic mass is 10.1. The SMILES string of the molecule is Cc1ccc(C(=O)Nc2nc(C(F)(F)F)cs2)c(C)c1. The molecule has 1 amide bonds. The molecular formula is C13H11F3N2OS. The van der Waals surface area contributed by atoms with Gasteiger partial charge in [0.2, 0.25) is 0 Å². The Morgan fingerprint density at radius 1 is 1.30 bits per heavy atom. The van der Waals surface area contributed by atoms with Crippen LogP contribution in [-0.4, -0.2) is 10.9 Å². The van der Waals surface area contributed by atoms with Crippen LogP contribution >= 0.6 is 11.3 Å². The highest BCUT2D eigenvalue weighted by Gasteiger charge is 2.33. The number of anilines is 1. The second-order valence-corrected chi connectivity index (χ2v) is 5.17. The van der Waals surface area contributed by atoms with Gasteiger partial charge in [-0.2, -0.15) is 13.2 Å². The summed E-state index contributed by atoms with van der Waals surface area (Å²) < 4.78 is 37.2. The summed E-state index contributed by atoms with van der Waals surface area (Å²) in [5.41, 5.74) is 1.18. The third-order valence-corrected chi connectivity index (χ3v) is 3.40. The van der Waals surface area contributed by atoms with E-state index in [4.69, 9.17) is 0 Å². The van der Waals surface area contributed by atoms with Gasteiger partial charge >= 0.3 is 6.18 Å². The summed E-state index contributed by atoms with van der Waals surface area (Å²) in [7, 11) is 0. The van der Waals surface area contributed by atoms with E-state index in [2.05, 4.69) is 10.3 Å². The maximum Gasteiger partial charge on any atom is 0.434 e. The molecule has 1 heterocycles. The van der Waals surface area contributed by atoms with E-state index in [9.17, 15) is 18.0 Å². The van der Waals surface area contributed by atoms with Crippen molar-refractivity contribution >= 4 is 22.4 Å². The molecule has 20 heavy (non-hydrogen) atoms. The Morgan fingerprint density at radius 3 is 2.55 bits per heavy atom. The topological polar surface area (TPSA) is 42.0 Å². The van der Waals surface area contributed by atoms with Crippen LogP contribution in [0.3, 0.4) is 0 Å². The monoisotopic (exact) mass is 300 g/mol. The number of aromatic nitrogens is 1. The molecule has 0 saturated carbocycles. The van der Waals surface area contributed by atoms with Crippen LogP contribution in [0.25, 0.3) is 0 Å². The lowest BCUT2D eigenvalue weighted by molar-refractivity contribution is -0.140. The smallest absolute Gasteiger partial charge is 0.298 e. The largest absolute Gasteiger partial charge is 0.434 e. The number of hydrogen-bond donors (Lipinski definition) is 1. The highest BCUT2D eigenvalue weighted by Crippen LogP contribution is 2.31. The minimum atomic E-state index is -4.50. The zero-order valence-electron chi connectivity index (χ0n) is 10.7. The average Bonchev–Trinajstić information content (AvgIpc) is 2.76. The zero-order chi connectivity index (χ0) is 14.9. The van der Waals surface area contributed by atoms with Crippen molar-refractivity contribution in [2.75, 3.05) is 5.32 Å². The molecule has 2 aromatic rings. The molecule has 7 heteroatoms. The lowest BCUT2D eigenvalue weighted by Crippen LogP contribution is -2.14. The number of carbonyl (C=O) groups excluding carboxylic acids is 1. The number of carbonyl (C=O) groups is 1. The Bertz CT molecular complexity index is 649. The van der Waals surface area contributed by atoms with Crippen LogP contribution in [0.5, 0.6) is 0 Å². The molecule has 0 fully saturated rings. The summed E-state index contributed by atoms with van der Waals surface area (Å²) >= 11 is 0.745. The summed E-state index contributed by atoms with van der Waals surface area (Å²) in [6, 6.07) is 5.24. The molecule has 1 aromatic carbocycles. The van der Waals surface area contributed by atoms with Crippen LogP contribution in [0.1, 0.15) is 27.2 Å². The number of nitrogens with one attached hydrogen (secondary N) is 1. The van der Waals surface area contributed by atoms with Gasteiger partial charge in [0.15, 0.2) is 10.8 Å². The number of amides is 1. The van der Waals surface area contributed by atoms with E-state index < -0.39 is 17.8 Å². The Morgan fingerprint density at radius 2 is 2.00 bits per heavy atom. The third kappa shape index (κ3) is 3.16. The Hall–Kier alpha value is -1.89. The van der Waals surface area contributed by atoms with Crippen molar-refractivity contribution in [1.82, 2.24) is 4.98 Å². The molecule has 3 nitrogen and oxygen atoms in total. The molecule has 106 valence electrons. The van der Waals surface area contributed by atoms with E-state index in [-0.39, 0.29) is 5.13 Å². The first kappa shape index (κ1) is 14.5. The van der Waals surface area contributed by atoms with Crippen molar-refractivity contribution < 1.29 is 18.0 Å². The van der Waals surface area contributed by atoms with E-state index in [1.54, 1.807) is 19.1 Å². The summed E-state index contributed by atoms with van der Waals surface area (Å²) in [4.78, 5) is 15.3. The van der Waals surface area contributed by atoms with Crippen LogP contribution in [-0.2, 0) is 6.18 Å². The van der Waals surface area contributed by atoms with Gasteiger partial charge in [-0.05, 0) is 25.5 Å². The second-order valence-electron chi connectivity index (χ2n) is 4.31. The molecule has 0 aliphatic heterocycles. The van der Waals surface area contributed by atoms with Crippen molar-refractivity contribution in [2.45, 2.75) is 20.0 Å². The van der Waals surface area contributed by atoms with Crippen molar-refractivity contribution in [3.63, 3.8) is 0 Å².